The lowest BCUT2D eigenvalue weighted by Crippen LogP contribution is -2.07. The number of nitrogens with zero attached hydrogens (tertiary/aromatic N) is 4. The normalized spacial score (nSPS) is 10.5. The Morgan fingerprint density at radius 3 is 2.71 bits per heavy atom. The molecule has 5 nitrogen and oxygen atoms in total. The molecule has 0 atom stereocenters. The van der Waals surface area contributed by atoms with E-state index in [-0.39, 0.29) is 6.61 Å². The van der Waals surface area contributed by atoms with Crippen molar-refractivity contribution in [3.8, 4) is 11.8 Å². The topological polar surface area (TPSA) is 63.7 Å². The van der Waals surface area contributed by atoms with Gasteiger partial charge in [-0.25, -0.2) is 4.39 Å². The van der Waals surface area contributed by atoms with Gasteiger partial charge < -0.3 is 4.74 Å². The monoisotopic (exact) mass is 414 g/mol. The van der Waals surface area contributed by atoms with Gasteiger partial charge in [0.05, 0.1) is 11.6 Å². The fourth-order valence-electron chi connectivity index (χ4n) is 2.40. The zero-order chi connectivity index (χ0) is 19.9. The van der Waals surface area contributed by atoms with Crippen LogP contribution in [0.15, 0.2) is 60.3 Å². The third kappa shape index (κ3) is 4.91. The van der Waals surface area contributed by atoms with Crippen LogP contribution in [0.3, 0.4) is 0 Å². The Kier molecular flexibility index (Phi) is 6.69. The van der Waals surface area contributed by atoms with Crippen LogP contribution in [0.1, 0.15) is 17.0 Å². The molecule has 0 saturated heterocycles. The first-order valence-corrected chi connectivity index (χ1v) is 9.69. The third-order valence-corrected chi connectivity index (χ3v) is 5.09. The highest BCUT2D eigenvalue weighted by atomic mass is 35.5. The van der Waals surface area contributed by atoms with E-state index in [9.17, 15) is 4.39 Å². The van der Waals surface area contributed by atoms with Gasteiger partial charge >= 0.3 is 0 Å². The number of rotatable bonds is 8. The minimum atomic E-state index is -0.410. The zero-order valence-electron chi connectivity index (χ0n) is 14.8. The molecular formula is C20H16ClFN4OS. The van der Waals surface area contributed by atoms with Gasteiger partial charge in [-0.15, -0.1) is 16.8 Å². The van der Waals surface area contributed by atoms with E-state index in [2.05, 4.69) is 16.8 Å². The van der Waals surface area contributed by atoms with E-state index in [0.717, 1.165) is 0 Å². The number of hydrogen-bond donors (Lipinski definition) is 0. The maximum Gasteiger partial charge on any atom is 0.191 e. The Morgan fingerprint density at radius 2 is 2.04 bits per heavy atom. The largest absolute Gasteiger partial charge is 0.486 e. The number of benzene rings is 2. The third-order valence-electron chi connectivity index (χ3n) is 3.83. The fraction of sp³-hybridized carbons (Fsp3) is 0.150. The average Bonchev–Trinajstić information content (AvgIpc) is 3.08. The van der Waals surface area contributed by atoms with Gasteiger partial charge in [-0.05, 0) is 42.0 Å². The van der Waals surface area contributed by atoms with Gasteiger partial charge in [-0.2, -0.15) is 5.26 Å². The van der Waals surface area contributed by atoms with E-state index in [1.807, 2.05) is 10.6 Å². The molecule has 142 valence electrons. The summed E-state index contributed by atoms with van der Waals surface area (Å²) in [6.07, 6.45) is 1.74. The molecule has 0 radical (unpaired) electrons. The summed E-state index contributed by atoms with van der Waals surface area (Å²) in [5, 5.41) is 18.5. The summed E-state index contributed by atoms with van der Waals surface area (Å²) in [7, 11) is 0. The highest BCUT2D eigenvalue weighted by molar-refractivity contribution is 7.98. The van der Waals surface area contributed by atoms with Gasteiger partial charge in [0.2, 0.25) is 0 Å². The molecule has 0 saturated carbocycles. The molecule has 0 amide bonds. The molecule has 0 aliphatic carbocycles. The maximum absolute atomic E-state index is 14.1. The van der Waals surface area contributed by atoms with Crippen molar-refractivity contribution in [1.29, 1.82) is 5.26 Å². The first-order valence-electron chi connectivity index (χ1n) is 8.33. The summed E-state index contributed by atoms with van der Waals surface area (Å²) in [6.45, 7) is 4.50. The second-order valence-electron chi connectivity index (χ2n) is 5.75. The number of hydrogen-bond acceptors (Lipinski definition) is 5. The fourth-order valence-corrected chi connectivity index (χ4v) is 3.48. The highest BCUT2D eigenvalue weighted by Gasteiger charge is 2.14. The van der Waals surface area contributed by atoms with Crippen molar-refractivity contribution in [2.75, 3.05) is 0 Å². The molecule has 3 aromatic rings. The lowest BCUT2D eigenvalue weighted by atomic mass is 10.1. The first kappa shape index (κ1) is 19.9. The van der Waals surface area contributed by atoms with Crippen molar-refractivity contribution in [2.45, 2.75) is 24.1 Å². The molecule has 2 aromatic carbocycles. The van der Waals surface area contributed by atoms with E-state index in [4.69, 9.17) is 21.6 Å². The second kappa shape index (κ2) is 9.40. The van der Waals surface area contributed by atoms with Crippen molar-refractivity contribution >= 4 is 23.4 Å². The molecular weight excluding hydrogens is 399 g/mol. The van der Waals surface area contributed by atoms with E-state index >= 15 is 0 Å². The van der Waals surface area contributed by atoms with Gasteiger partial charge in [0.15, 0.2) is 11.0 Å². The highest BCUT2D eigenvalue weighted by Crippen LogP contribution is 2.25. The molecule has 1 aromatic heterocycles. The van der Waals surface area contributed by atoms with Crippen LogP contribution in [-0.2, 0) is 18.9 Å². The molecule has 8 heteroatoms. The predicted octanol–water partition coefficient (Wildman–Crippen LogP) is 5.00. The number of nitriles is 1. The summed E-state index contributed by atoms with van der Waals surface area (Å²) in [4.78, 5) is 0. The molecule has 0 unspecified atom stereocenters. The Hall–Kier alpha value is -2.82. The Balaban J connectivity index is 1.70. The summed E-state index contributed by atoms with van der Waals surface area (Å²) in [5.74, 6) is 1.27. The van der Waals surface area contributed by atoms with Gasteiger partial charge in [0, 0.05) is 17.3 Å². The zero-order valence-corrected chi connectivity index (χ0v) is 16.4. The van der Waals surface area contributed by atoms with Crippen LogP contribution < -0.4 is 4.74 Å². The molecule has 0 bridgehead atoms. The Labute approximate surface area is 171 Å². The molecule has 1 heterocycles. The van der Waals surface area contributed by atoms with Crippen molar-refractivity contribution in [3.05, 3.63) is 82.9 Å². The quantitative estimate of drug-likeness (QED) is 0.383. The molecule has 0 aliphatic rings. The van der Waals surface area contributed by atoms with Crippen molar-refractivity contribution in [1.82, 2.24) is 14.8 Å². The van der Waals surface area contributed by atoms with Crippen molar-refractivity contribution in [2.24, 2.45) is 0 Å². The molecule has 28 heavy (non-hydrogen) atoms. The Morgan fingerprint density at radius 1 is 1.25 bits per heavy atom. The summed E-state index contributed by atoms with van der Waals surface area (Å²) >= 11 is 7.23. The van der Waals surface area contributed by atoms with Gasteiger partial charge in [-0.1, -0.05) is 35.5 Å². The predicted molar refractivity (Wildman–Crippen MR) is 107 cm³/mol. The molecule has 0 spiro atoms. The van der Waals surface area contributed by atoms with Crippen LogP contribution in [-0.4, -0.2) is 14.8 Å². The van der Waals surface area contributed by atoms with Crippen molar-refractivity contribution in [3.63, 3.8) is 0 Å². The van der Waals surface area contributed by atoms with Crippen molar-refractivity contribution < 1.29 is 9.13 Å². The first-order chi connectivity index (χ1) is 13.6. The number of halogens is 2. The smallest absolute Gasteiger partial charge is 0.191 e. The van der Waals surface area contributed by atoms with Gasteiger partial charge in [0.25, 0.3) is 0 Å². The second-order valence-corrected chi connectivity index (χ2v) is 7.13. The number of allylic oxidation sites excluding steroid dienone is 1. The molecule has 0 aliphatic heterocycles. The minimum Gasteiger partial charge on any atom is -0.486 e. The lowest BCUT2D eigenvalue weighted by Gasteiger charge is -2.09. The average molecular weight is 415 g/mol. The van der Waals surface area contributed by atoms with Crippen LogP contribution in [0.5, 0.6) is 5.75 Å². The van der Waals surface area contributed by atoms with Crippen LogP contribution in [0.4, 0.5) is 4.39 Å². The number of thioether (sulfide) groups is 1. The van der Waals surface area contributed by atoms with Crippen LogP contribution >= 0.6 is 23.4 Å². The molecule has 0 N–H and O–H groups in total. The number of ether oxygens (including phenoxy) is 1. The van der Waals surface area contributed by atoms with Crippen LogP contribution in [0.25, 0.3) is 0 Å². The van der Waals surface area contributed by atoms with E-state index in [1.54, 1.807) is 42.5 Å². The summed E-state index contributed by atoms with van der Waals surface area (Å²) in [5.41, 5.74) is 0.791. The number of aromatic nitrogens is 3. The van der Waals surface area contributed by atoms with E-state index < -0.39 is 5.82 Å². The molecule has 0 fully saturated rings. The van der Waals surface area contributed by atoms with E-state index in [0.29, 0.717) is 45.2 Å². The molecule has 3 rings (SSSR count). The standard InChI is InChI=1S/C20H16ClFN4OS/c1-2-9-26-19(12-27-17-7-5-16(21)6-8-17)24-25-20(26)28-13-15-4-3-14(11-23)10-18(15)22/h2-8,10H,1,9,12-13H2. The minimum absolute atomic E-state index is 0.230. The lowest BCUT2D eigenvalue weighted by molar-refractivity contribution is 0.289. The maximum atomic E-state index is 14.1. The SMILES string of the molecule is C=CCn1c(COc2ccc(Cl)cc2)nnc1SCc1ccc(C#N)cc1F. The van der Waals surface area contributed by atoms with Gasteiger partial charge in [0.1, 0.15) is 18.2 Å². The van der Waals surface area contributed by atoms with Crippen LogP contribution in [0.2, 0.25) is 5.02 Å². The summed E-state index contributed by atoms with van der Waals surface area (Å²) in [6, 6.07) is 13.4. The Bertz CT molecular complexity index is 1010. The van der Waals surface area contributed by atoms with E-state index in [1.165, 1.54) is 17.8 Å². The summed E-state index contributed by atoms with van der Waals surface area (Å²) < 4.78 is 21.7. The van der Waals surface area contributed by atoms with Gasteiger partial charge in [-0.3, -0.25) is 4.57 Å². The van der Waals surface area contributed by atoms with Crippen LogP contribution in [0, 0.1) is 17.1 Å².